The van der Waals surface area contributed by atoms with Crippen LogP contribution in [-0.2, 0) is 9.16 Å². The summed E-state index contributed by atoms with van der Waals surface area (Å²) in [5.41, 5.74) is 15.2. The van der Waals surface area contributed by atoms with Crippen molar-refractivity contribution in [3.8, 4) is 0 Å². The van der Waals surface area contributed by atoms with Crippen molar-refractivity contribution in [3.63, 3.8) is 0 Å². The van der Waals surface area contributed by atoms with E-state index in [9.17, 15) is 4.39 Å². The molecule has 0 amide bonds. The van der Waals surface area contributed by atoms with Crippen LogP contribution in [0.2, 0.25) is 18.1 Å². The van der Waals surface area contributed by atoms with Crippen LogP contribution in [0.25, 0.3) is 21.6 Å². The van der Waals surface area contributed by atoms with Gasteiger partial charge in [0.05, 0.1) is 25.1 Å². The summed E-state index contributed by atoms with van der Waals surface area (Å²) < 4.78 is 27.5. The maximum atomic E-state index is 13.6. The van der Waals surface area contributed by atoms with Gasteiger partial charge in [0.1, 0.15) is 6.23 Å². The van der Waals surface area contributed by atoms with Gasteiger partial charge in [-0.2, -0.15) is 14.4 Å². The Kier molecular flexibility index (Phi) is 5.32. The molecule has 1 aliphatic rings. The van der Waals surface area contributed by atoms with Crippen molar-refractivity contribution in [2.75, 3.05) is 12.3 Å². The second-order valence-electron chi connectivity index (χ2n) is 8.41. The molecular formula is C16H25FN8O2Si. The zero-order chi connectivity index (χ0) is 20.7. The molecule has 0 aliphatic carbocycles. The van der Waals surface area contributed by atoms with E-state index in [0.29, 0.717) is 18.5 Å². The minimum Gasteiger partial charge on any atom is -0.414 e. The van der Waals surface area contributed by atoms with Crippen LogP contribution in [0.5, 0.6) is 0 Å². The molecule has 28 heavy (non-hydrogen) atoms. The topological polar surface area (TPSA) is 137 Å². The first-order valence-electron chi connectivity index (χ1n) is 9.02. The number of hydrogen-bond donors (Lipinski definition) is 1. The van der Waals surface area contributed by atoms with E-state index in [1.165, 1.54) is 6.33 Å². The van der Waals surface area contributed by atoms with Crippen LogP contribution < -0.4 is 5.73 Å². The first-order chi connectivity index (χ1) is 13.0. The van der Waals surface area contributed by atoms with Gasteiger partial charge in [-0.05, 0) is 23.7 Å². The highest BCUT2D eigenvalue weighted by molar-refractivity contribution is 6.74. The van der Waals surface area contributed by atoms with E-state index in [2.05, 4.69) is 58.8 Å². The maximum Gasteiger partial charge on any atom is 0.312 e. The van der Waals surface area contributed by atoms with Crippen LogP contribution in [0.4, 0.5) is 10.2 Å². The number of imidazole rings is 1. The number of hydrogen-bond acceptors (Lipinski definition) is 7. The zero-order valence-corrected chi connectivity index (χ0v) is 17.6. The van der Waals surface area contributed by atoms with Crippen LogP contribution >= 0.6 is 0 Å². The molecule has 3 atom stereocenters. The molecule has 1 saturated heterocycles. The van der Waals surface area contributed by atoms with E-state index >= 15 is 0 Å². The molecule has 2 aromatic heterocycles. The summed E-state index contributed by atoms with van der Waals surface area (Å²) in [7, 11) is -1.99. The number of nitrogens with two attached hydrogens (primary N) is 1. The zero-order valence-electron chi connectivity index (χ0n) is 16.6. The molecule has 0 aromatic carbocycles. The van der Waals surface area contributed by atoms with E-state index in [4.69, 9.17) is 20.4 Å². The van der Waals surface area contributed by atoms with Gasteiger partial charge in [0.2, 0.25) is 0 Å². The molecule has 0 saturated carbocycles. The predicted octanol–water partition coefficient (Wildman–Crippen LogP) is 3.54. The molecule has 12 heteroatoms. The Bertz CT molecular complexity index is 921. The van der Waals surface area contributed by atoms with Gasteiger partial charge < -0.3 is 14.9 Å². The van der Waals surface area contributed by atoms with Gasteiger partial charge in [-0.3, -0.25) is 4.57 Å². The molecule has 0 bridgehead atoms. The van der Waals surface area contributed by atoms with Crippen molar-refractivity contribution in [2.45, 2.75) is 63.7 Å². The van der Waals surface area contributed by atoms with Crippen molar-refractivity contribution in [1.29, 1.82) is 0 Å². The highest BCUT2D eigenvalue weighted by atomic mass is 28.4. The van der Waals surface area contributed by atoms with Crippen LogP contribution in [0.3, 0.4) is 0 Å². The number of rotatable bonds is 5. The van der Waals surface area contributed by atoms with Crippen molar-refractivity contribution in [1.82, 2.24) is 19.5 Å². The second-order valence-corrected chi connectivity index (χ2v) is 13.2. The van der Waals surface area contributed by atoms with Gasteiger partial charge in [-0.1, -0.05) is 25.9 Å². The van der Waals surface area contributed by atoms with Crippen molar-refractivity contribution >= 4 is 25.3 Å². The predicted molar refractivity (Wildman–Crippen MR) is 104 cm³/mol. The molecule has 2 N–H and O–H groups in total. The van der Waals surface area contributed by atoms with Gasteiger partial charge >= 0.3 is 6.08 Å². The van der Waals surface area contributed by atoms with Crippen LogP contribution in [0.15, 0.2) is 11.4 Å². The molecule has 3 rings (SSSR count). The Hall–Kier alpha value is -2.27. The third-order valence-electron chi connectivity index (χ3n) is 5.55. The molecular weight excluding hydrogens is 383 g/mol. The van der Waals surface area contributed by atoms with E-state index in [-0.39, 0.29) is 16.5 Å². The molecule has 0 radical (unpaired) electrons. The lowest BCUT2D eigenvalue weighted by molar-refractivity contribution is -0.0207. The molecule has 0 spiro atoms. The third-order valence-corrected chi connectivity index (χ3v) is 10.1. The molecule has 1 aliphatic heterocycles. The van der Waals surface area contributed by atoms with Crippen molar-refractivity contribution in [3.05, 3.63) is 22.8 Å². The number of nitrogen functional groups attached to an aromatic ring is 1. The minimum absolute atomic E-state index is 0.0383. The molecule has 10 nitrogen and oxygen atoms in total. The number of fused-ring (bicyclic) bond motifs is 1. The van der Waals surface area contributed by atoms with Crippen molar-refractivity contribution < 1.29 is 13.6 Å². The lowest BCUT2D eigenvalue weighted by Crippen LogP contribution is -2.43. The average Bonchev–Trinajstić information content (AvgIpc) is 3.16. The summed E-state index contributed by atoms with van der Waals surface area (Å²) in [6, 6.07) is -0.416. The van der Waals surface area contributed by atoms with Gasteiger partial charge in [-0.25, -0.2) is 4.98 Å². The fourth-order valence-corrected chi connectivity index (χ4v) is 3.87. The Morgan fingerprint density at radius 1 is 1.46 bits per heavy atom. The van der Waals surface area contributed by atoms with E-state index < -0.39 is 32.8 Å². The third kappa shape index (κ3) is 3.81. The van der Waals surface area contributed by atoms with Crippen LogP contribution in [0.1, 0.15) is 33.4 Å². The Morgan fingerprint density at radius 2 is 2.18 bits per heavy atom. The summed E-state index contributed by atoms with van der Waals surface area (Å²) in [4.78, 5) is 14.4. The lowest BCUT2D eigenvalue weighted by atomic mass is 10.1. The van der Waals surface area contributed by atoms with Gasteiger partial charge in [0.25, 0.3) is 0 Å². The molecule has 3 heterocycles. The van der Waals surface area contributed by atoms with Gasteiger partial charge in [0, 0.05) is 11.3 Å². The summed E-state index contributed by atoms with van der Waals surface area (Å²) in [5.74, 6) is -0.0383. The van der Waals surface area contributed by atoms with E-state index in [1.807, 2.05) is 0 Å². The number of anilines is 1. The first kappa shape index (κ1) is 20.5. The van der Waals surface area contributed by atoms with E-state index in [1.54, 1.807) is 4.57 Å². The quantitative estimate of drug-likeness (QED) is 0.264. The van der Waals surface area contributed by atoms with Crippen LogP contribution in [-0.4, -0.2) is 46.6 Å². The summed E-state index contributed by atoms with van der Waals surface area (Å²) >= 11 is 0. The number of halogens is 1. The Labute approximate surface area is 163 Å². The molecule has 2 aromatic rings. The summed E-state index contributed by atoms with van der Waals surface area (Å²) in [6.07, 6.45) is -0.00995. The monoisotopic (exact) mass is 408 g/mol. The smallest absolute Gasteiger partial charge is 0.312 e. The summed E-state index contributed by atoms with van der Waals surface area (Å²) in [6.45, 7) is 11.1. The molecule has 0 unspecified atom stereocenters. The Balaban J connectivity index is 1.83. The number of ether oxygens (including phenoxy) is 1. The van der Waals surface area contributed by atoms with Crippen LogP contribution in [0, 0.1) is 6.08 Å². The second kappa shape index (κ2) is 7.28. The number of azide groups is 1. The molecule has 152 valence electrons. The fraction of sp³-hybridized carbons (Fsp3) is 0.688. The normalized spacial score (nSPS) is 23.1. The average molecular weight is 409 g/mol. The standard InChI is InChI=1S/C16H25FN8O2Si/c1-16(2,3)28(4,5)26-7-10-9(23-24-19)6-11(27-10)25-8-20-12-13(18)21-15(17)22-14(12)25/h8-11H,6-7H2,1-5H3,(H2,18,21,22)/t9-,10+,11+/m1/s1. The fourth-order valence-electron chi connectivity index (χ4n) is 2.85. The van der Waals surface area contributed by atoms with Crippen molar-refractivity contribution in [2.24, 2.45) is 5.11 Å². The highest BCUT2D eigenvalue weighted by Crippen LogP contribution is 2.38. The minimum atomic E-state index is -1.99. The number of aromatic nitrogens is 4. The first-order valence-corrected chi connectivity index (χ1v) is 11.9. The SMILES string of the molecule is CC(C)(C)[Si](C)(C)OC[C@@H]1O[C@H](n2cnc3c(N)nc(F)nc32)C[C@H]1N=[N+]=[N-]. The molecule has 1 fully saturated rings. The van der Waals surface area contributed by atoms with Gasteiger partial charge in [0.15, 0.2) is 25.3 Å². The Morgan fingerprint density at radius 3 is 2.82 bits per heavy atom. The lowest BCUT2D eigenvalue weighted by Gasteiger charge is -2.37. The van der Waals surface area contributed by atoms with E-state index in [0.717, 1.165) is 0 Å². The number of nitrogens with zero attached hydrogens (tertiary/aromatic N) is 7. The summed E-state index contributed by atoms with van der Waals surface area (Å²) in [5, 5.41) is 3.92. The largest absolute Gasteiger partial charge is 0.414 e. The highest BCUT2D eigenvalue weighted by Gasteiger charge is 2.41. The van der Waals surface area contributed by atoms with Gasteiger partial charge in [-0.15, -0.1) is 0 Å². The maximum absolute atomic E-state index is 13.6.